The van der Waals surface area contributed by atoms with Gasteiger partial charge in [-0.3, -0.25) is 0 Å². The normalized spacial score (nSPS) is 10.4. The summed E-state index contributed by atoms with van der Waals surface area (Å²) in [7, 11) is 0. The maximum atomic E-state index is 13.6. The molecule has 0 aromatic heterocycles. The molecule has 0 N–H and O–H groups in total. The van der Waals surface area contributed by atoms with E-state index >= 15 is 0 Å². The molecular formula is C13H8Br3FO. The minimum Gasteiger partial charge on any atom is -0.486 e. The fourth-order valence-electron chi connectivity index (χ4n) is 1.41. The molecule has 0 aliphatic heterocycles. The number of para-hydroxylation sites is 1. The average Bonchev–Trinajstić information content (AvgIpc) is 2.31. The first-order chi connectivity index (χ1) is 8.58. The second kappa shape index (κ2) is 6.17. The van der Waals surface area contributed by atoms with E-state index in [1.807, 2.05) is 18.2 Å². The molecule has 1 nitrogen and oxygen atoms in total. The predicted octanol–water partition coefficient (Wildman–Crippen LogP) is 5.69. The van der Waals surface area contributed by atoms with Gasteiger partial charge in [-0.25, -0.2) is 4.39 Å². The SMILES string of the molecule is Fc1cc(Br)ccc1COc1c(Br)cccc1Br. The highest BCUT2D eigenvalue weighted by Gasteiger charge is 2.08. The first-order valence-electron chi connectivity index (χ1n) is 5.08. The van der Waals surface area contributed by atoms with Crippen LogP contribution in [0.25, 0.3) is 0 Å². The van der Waals surface area contributed by atoms with Crippen LogP contribution in [0.3, 0.4) is 0 Å². The zero-order chi connectivity index (χ0) is 13.1. The molecule has 0 atom stereocenters. The van der Waals surface area contributed by atoms with Crippen LogP contribution in [0.1, 0.15) is 5.56 Å². The van der Waals surface area contributed by atoms with Crippen LogP contribution >= 0.6 is 47.8 Å². The fraction of sp³-hybridized carbons (Fsp3) is 0.0769. The average molecular weight is 439 g/mol. The van der Waals surface area contributed by atoms with Gasteiger partial charge in [-0.1, -0.05) is 28.1 Å². The Kier molecular flexibility index (Phi) is 4.81. The van der Waals surface area contributed by atoms with E-state index < -0.39 is 0 Å². The molecule has 94 valence electrons. The molecule has 5 heteroatoms. The van der Waals surface area contributed by atoms with Crippen molar-refractivity contribution in [1.29, 1.82) is 0 Å². The van der Waals surface area contributed by atoms with E-state index in [2.05, 4.69) is 47.8 Å². The second-order valence-electron chi connectivity index (χ2n) is 3.58. The highest BCUT2D eigenvalue weighted by Crippen LogP contribution is 2.33. The Bertz CT molecular complexity index is 552. The van der Waals surface area contributed by atoms with Gasteiger partial charge in [0.15, 0.2) is 0 Å². The quantitative estimate of drug-likeness (QED) is 0.598. The molecule has 0 saturated carbocycles. The van der Waals surface area contributed by atoms with E-state index in [1.54, 1.807) is 12.1 Å². The maximum absolute atomic E-state index is 13.6. The lowest BCUT2D eigenvalue weighted by atomic mass is 10.2. The Hall–Kier alpha value is -0.390. The van der Waals surface area contributed by atoms with E-state index in [9.17, 15) is 4.39 Å². The lowest BCUT2D eigenvalue weighted by Crippen LogP contribution is -1.99. The smallest absolute Gasteiger partial charge is 0.148 e. The summed E-state index contributed by atoms with van der Waals surface area (Å²) in [4.78, 5) is 0. The van der Waals surface area contributed by atoms with E-state index in [-0.39, 0.29) is 12.4 Å². The molecule has 0 aliphatic carbocycles. The molecule has 0 amide bonds. The number of ether oxygens (including phenoxy) is 1. The first-order valence-corrected chi connectivity index (χ1v) is 7.46. The molecule has 0 spiro atoms. The first kappa shape index (κ1) is 14.0. The van der Waals surface area contributed by atoms with Crippen LogP contribution in [0.15, 0.2) is 49.8 Å². The summed E-state index contributed by atoms with van der Waals surface area (Å²) < 4.78 is 21.6. The Morgan fingerprint density at radius 2 is 1.67 bits per heavy atom. The third-order valence-electron chi connectivity index (χ3n) is 2.31. The summed E-state index contributed by atoms with van der Waals surface area (Å²) in [6.45, 7) is 0.181. The maximum Gasteiger partial charge on any atom is 0.148 e. The van der Waals surface area contributed by atoms with Gasteiger partial charge in [0, 0.05) is 10.0 Å². The van der Waals surface area contributed by atoms with Gasteiger partial charge in [0.1, 0.15) is 18.2 Å². The standard InChI is InChI=1S/C13H8Br3FO/c14-9-5-4-8(12(17)6-9)7-18-13-10(15)2-1-3-11(13)16/h1-6H,7H2. The van der Waals surface area contributed by atoms with E-state index in [0.29, 0.717) is 15.8 Å². The summed E-state index contributed by atoms with van der Waals surface area (Å²) in [5.41, 5.74) is 0.515. The summed E-state index contributed by atoms with van der Waals surface area (Å²) in [6, 6.07) is 10.5. The van der Waals surface area contributed by atoms with Gasteiger partial charge in [0.2, 0.25) is 0 Å². The molecule has 0 aliphatic rings. The van der Waals surface area contributed by atoms with Crippen molar-refractivity contribution >= 4 is 47.8 Å². The summed E-state index contributed by atoms with van der Waals surface area (Å²) in [5.74, 6) is 0.382. The fourth-order valence-corrected chi connectivity index (χ4v) is 2.97. The monoisotopic (exact) mass is 436 g/mol. The van der Waals surface area contributed by atoms with Crippen molar-refractivity contribution < 1.29 is 9.13 Å². The Labute approximate surface area is 130 Å². The highest BCUT2D eigenvalue weighted by molar-refractivity contribution is 9.11. The van der Waals surface area contributed by atoms with Crippen molar-refractivity contribution in [1.82, 2.24) is 0 Å². The predicted molar refractivity (Wildman–Crippen MR) is 80.3 cm³/mol. The zero-order valence-electron chi connectivity index (χ0n) is 9.09. The van der Waals surface area contributed by atoms with Crippen LogP contribution in [-0.2, 0) is 6.61 Å². The van der Waals surface area contributed by atoms with Crippen molar-refractivity contribution in [2.75, 3.05) is 0 Å². The molecule has 0 saturated heterocycles. The third kappa shape index (κ3) is 3.33. The zero-order valence-corrected chi connectivity index (χ0v) is 13.8. The van der Waals surface area contributed by atoms with Gasteiger partial charge in [-0.05, 0) is 56.1 Å². The Morgan fingerprint density at radius 3 is 2.28 bits per heavy atom. The van der Waals surface area contributed by atoms with Gasteiger partial charge >= 0.3 is 0 Å². The largest absolute Gasteiger partial charge is 0.486 e. The van der Waals surface area contributed by atoms with Crippen molar-refractivity contribution in [2.45, 2.75) is 6.61 Å². The Balaban J connectivity index is 2.16. The van der Waals surface area contributed by atoms with E-state index in [1.165, 1.54) is 6.07 Å². The number of hydrogen-bond acceptors (Lipinski definition) is 1. The molecule has 18 heavy (non-hydrogen) atoms. The third-order valence-corrected chi connectivity index (χ3v) is 4.05. The highest BCUT2D eigenvalue weighted by atomic mass is 79.9. The molecule has 0 heterocycles. The van der Waals surface area contributed by atoms with Crippen LogP contribution in [0.4, 0.5) is 4.39 Å². The molecule has 2 rings (SSSR count). The van der Waals surface area contributed by atoms with Crippen molar-refractivity contribution in [3.63, 3.8) is 0 Å². The van der Waals surface area contributed by atoms with E-state index in [0.717, 1.165) is 8.95 Å². The minimum atomic E-state index is -0.285. The van der Waals surface area contributed by atoms with Crippen molar-refractivity contribution in [3.8, 4) is 5.75 Å². The topological polar surface area (TPSA) is 9.23 Å². The van der Waals surface area contributed by atoms with Crippen LogP contribution in [-0.4, -0.2) is 0 Å². The van der Waals surface area contributed by atoms with E-state index in [4.69, 9.17) is 4.74 Å². The van der Waals surface area contributed by atoms with Crippen LogP contribution in [0, 0.1) is 5.82 Å². The van der Waals surface area contributed by atoms with Gasteiger partial charge in [-0.2, -0.15) is 0 Å². The summed E-state index contributed by atoms with van der Waals surface area (Å²) in [6.07, 6.45) is 0. The van der Waals surface area contributed by atoms with Gasteiger partial charge in [-0.15, -0.1) is 0 Å². The Morgan fingerprint density at radius 1 is 1.00 bits per heavy atom. The van der Waals surface area contributed by atoms with Crippen LogP contribution in [0.5, 0.6) is 5.75 Å². The van der Waals surface area contributed by atoms with Crippen LogP contribution < -0.4 is 4.74 Å². The molecule has 2 aromatic carbocycles. The minimum absolute atomic E-state index is 0.181. The molecule has 0 radical (unpaired) electrons. The number of hydrogen-bond donors (Lipinski definition) is 0. The van der Waals surface area contributed by atoms with Crippen LogP contribution in [0.2, 0.25) is 0 Å². The number of benzene rings is 2. The second-order valence-corrected chi connectivity index (χ2v) is 6.20. The van der Waals surface area contributed by atoms with Crippen molar-refractivity contribution in [3.05, 3.63) is 61.2 Å². The summed E-state index contributed by atoms with van der Waals surface area (Å²) >= 11 is 10.0. The number of rotatable bonds is 3. The molecule has 0 fully saturated rings. The van der Waals surface area contributed by atoms with Gasteiger partial charge in [0.25, 0.3) is 0 Å². The lowest BCUT2D eigenvalue weighted by Gasteiger charge is -2.10. The van der Waals surface area contributed by atoms with Crippen molar-refractivity contribution in [2.24, 2.45) is 0 Å². The number of halogens is 4. The molecule has 0 bridgehead atoms. The van der Waals surface area contributed by atoms with Gasteiger partial charge < -0.3 is 4.74 Å². The molecule has 2 aromatic rings. The molecular weight excluding hydrogens is 431 g/mol. The van der Waals surface area contributed by atoms with Gasteiger partial charge in [0.05, 0.1) is 8.95 Å². The summed E-state index contributed by atoms with van der Waals surface area (Å²) in [5, 5.41) is 0. The lowest BCUT2D eigenvalue weighted by molar-refractivity contribution is 0.296. The molecule has 0 unspecified atom stereocenters.